The Morgan fingerprint density at radius 2 is 2.67 bits per heavy atom. The first-order valence-corrected chi connectivity index (χ1v) is 5.78. The molecule has 34 valence electrons. The molecule has 1 aliphatic rings. The fourth-order valence-electron chi connectivity index (χ4n) is 0.149. The van der Waals surface area contributed by atoms with E-state index in [9.17, 15) is 0 Å². The van der Waals surface area contributed by atoms with Crippen molar-refractivity contribution in [1.82, 2.24) is 0 Å². The van der Waals surface area contributed by atoms with Gasteiger partial charge in [0, 0.05) is 0 Å². The lowest BCUT2D eigenvalue weighted by Gasteiger charge is -1.71. The predicted octanol–water partition coefficient (Wildman–Crippen LogP) is 2.14. The van der Waals surface area contributed by atoms with Gasteiger partial charge in [-0.2, -0.15) is 0 Å². The van der Waals surface area contributed by atoms with Gasteiger partial charge in [-0.15, -0.1) is 8.36 Å². The highest BCUT2D eigenvalue weighted by Gasteiger charge is 1.92. The maximum absolute atomic E-state index is 3.83. The van der Waals surface area contributed by atoms with E-state index in [4.69, 9.17) is 0 Å². The Bertz CT molecular complexity index is 108. The number of rotatable bonds is 0. The number of hydrogen-bond donors (Lipinski definition) is 0. The molecule has 0 unspecified atom stereocenters. The van der Waals surface area contributed by atoms with Gasteiger partial charge in [-0.1, -0.05) is 0 Å². The lowest BCUT2D eigenvalue weighted by atomic mass is 10.9. The monoisotopic (exact) mass is 214 g/mol. The summed E-state index contributed by atoms with van der Waals surface area (Å²) in [5, 5.41) is 4.92. The maximum Gasteiger partial charge on any atom is 0.104 e. The van der Waals surface area contributed by atoms with E-state index in [1.807, 2.05) is 6.92 Å². The highest BCUT2D eigenvalue weighted by Crippen LogP contribution is 2.29. The first kappa shape index (κ1) is 4.70. The molecule has 1 heterocycles. The lowest BCUT2D eigenvalue weighted by Crippen LogP contribution is -1.67. The minimum atomic E-state index is 0.0400. The van der Waals surface area contributed by atoms with Gasteiger partial charge in [-0.05, 0) is 15.9 Å². The van der Waals surface area contributed by atoms with Crippen LogP contribution in [0.3, 0.4) is 0 Å². The van der Waals surface area contributed by atoms with Crippen LogP contribution in [0.4, 0.5) is 0 Å². The Balaban J connectivity index is 2.61. The maximum atomic E-state index is 3.83. The topological polar surface area (TPSA) is 24.7 Å². The van der Waals surface area contributed by atoms with Gasteiger partial charge < -0.3 is 0 Å². The average Bonchev–Trinajstić information content (AvgIpc) is 1.86. The molecule has 0 aromatic carbocycles. The van der Waals surface area contributed by atoms with Crippen LogP contribution in [0.5, 0.6) is 0 Å². The quantitative estimate of drug-likeness (QED) is 0.567. The molecule has 6 heavy (non-hydrogen) atoms. The Morgan fingerprint density at radius 3 is 2.83 bits per heavy atom. The zero-order chi connectivity index (χ0) is 4.41. The van der Waals surface area contributed by atoms with Gasteiger partial charge in [-0.3, -0.25) is 0 Å². The smallest absolute Gasteiger partial charge is 0.104 e. The third-order valence-electron chi connectivity index (χ3n) is 0.356. The molecule has 0 saturated heterocycles. The van der Waals surface area contributed by atoms with E-state index >= 15 is 0 Å². The van der Waals surface area contributed by atoms with Crippen LogP contribution in [0.1, 0.15) is 6.92 Å². The molecule has 0 atom stereocenters. The summed E-state index contributed by atoms with van der Waals surface area (Å²) in [7, 11) is 1.79. The van der Waals surface area contributed by atoms with Crippen LogP contribution in [0, 0.1) is 0 Å². The number of nitrogens with zero attached hydrogens (tertiary/aromatic N) is 2. The molecule has 0 N–H and O–H groups in total. The van der Waals surface area contributed by atoms with E-state index in [0.29, 0.717) is 0 Å². The Labute approximate surface area is 49.0 Å². The van der Waals surface area contributed by atoms with Crippen molar-refractivity contribution in [3.8, 4) is 0 Å². The van der Waals surface area contributed by atoms with E-state index in [0.717, 1.165) is 5.04 Å². The van der Waals surface area contributed by atoms with Crippen molar-refractivity contribution < 1.29 is 0 Å². The van der Waals surface area contributed by atoms with Gasteiger partial charge in [0.1, 0.15) is 5.04 Å². The molecule has 2 nitrogen and oxygen atoms in total. The van der Waals surface area contributed by atoms with Crippen LogP contribution in [-0.4, -0.2) is 5.04 Å². The molecular formula is C2H3IN2S. The first-order chi connectivity index (χ1) is 2.89. The Morgan fingerprint density at radius 1 is 1.83 bits per heavy atom. The van der Waals surface area contributed by atoms with Crippen molar-refractivity contribution in [3.63, 3.8) is 0 Å². The molecule has 0 aromatic rings. The normalized spacial score (nSPS) is 19.8. The summed E-state index contributed by atoms with van der Waals surface area (Å²) >= 11 is 0.0400. The Hall–Kier alpha value is 0.550. The van der Waals surface area contributed by atoms with Crippen LogP contribution < -0.4 is 0 Å². The van der Waals surface area contributed by atoms with Crippen molar-refractivity contribution >= 4 is 33.6 Å². The van der Waals surface area contributed by atoms with Gasteiger partial charge in [0.2, 0.25) is 0 Å². The number of hydrogen-bond acceptors (Lipinski definition) is 3. The molecule has 0 aromatic heterocycles. The summed E-state index contributed by atoms with van der Waals surface area (Å²) in [5.41, 5.74) is 0. The van der Waals surface area contributed by atoms with Crippen molar-refractivity contribution in [2.45, 2.75) is 6.92 Å². The van der Waals surface area contributed by atoms with Crippen LogP contribution in [0.2, 0.25) is 0 Å². The zero-order valence-electron chi connectivity index (χ0n) is 3.18. The van der Waals surface area contributed by atoms with Gasteiger partial charge in [0.15, 0.2) is 0 Å². The molecule has 0 radical (unpaired) electrons. The summed E-state index contributed by atoms with van der Waals surface area (Å²) in [4.78, 5) is 0. The van der Waals surface area contributed by atoms with Crippen LogP contribution in [0.15, 0.2) is 8.36 Å². The fraction of sp³-hybridized carbons (Fsp3) is 0.500. The van der Waals surface area contributed by atoms with Gasteiger partial charge >= 0.3 is 0 Å². The predicted molar refractivity (Wildman–Crippen MR) is 37.1 cm³/mol. The summed E-state index contributed by atoms with van der Waals surface area (Å²) in [6.07, 6.45) is 0. The average molecular weight is 214 g/mol. The second-order valence-corrected chi connectivity index (χ2v) is 4.66. The lowest BCUT2D eigenvalue weighted by molar-refractivity contribution is 1.32. The highest BCUT2D eigenvalue weighted by atomic mass is 127. The van der Waals surface area contributed by atoms with Crippen LogP contribution >= 0.6 is 28.6 Å². The van der Waals surface area contributed by atoms with Crippen LogP contribution in [-0.2, 0) is 0 Å². The van der Waals surface area contributed by atoms with E-state index in [2.05, 4.69) is 8.36 Å². The third-order valence-corrected chi connectivity index (χ3v) is 4.04. The molecule has 0 saturated carbocycles. The van der Waals surface area contributed by atoms with Gasteiger partial charge in [0.05, 0.1) is 19.6 Å². The fourth-order valence-corrected chi connectivity index (χ4v) is 2.50. The second kappa shape index (κ2) is 2.02. The second-order valence-electron chi connectivity index (χ2n) is 0.841. The Kier molecular flexibility index (Phi) is 1.58. The van der Waals surface area contributed by atoms with E-state index in [1.165, 1.54) is 0 Å². The minimum Gasteiger partial charge on any atom is -0.142 e. The third kappa shape index (κ3) is 1.01. The molecule has 1 rings (SSSR count). The zero-order valence-corrected chi connectivity index (χ0v) is 6.15. The summed E-state index contributed by atoms with van der Waals surface area (Å²) in [5.74, 6) is 0. The van der Waals surface area contributed by atoms with Gasteiger partial charge in [-0.25, -0.2) is 0 Å². The van der Waals surface area contributed by atoms with E-state index < -0.39 is 0 Å². The summed E-state index contributed by atoms with van der Waals surface area (Å²) in [6, 6.07) is 0. The molecule has 0 fully saturated rings. The summed E-state index contributed by atoms with van der Waals surface area (Å²) in [6.45, 7) is 1.99. The van der Waals surface area contributed by atoms with Crippen molar-refractivity contribution in [2.75, 3.05) is 0 Å². The van der Waals surface area contributed by atoms with Crippen molar-refractivity contribution in [3.05, 3.63) is 0 Å². The molecule has 0 spiro atoms. The standard InChI is InChI=1S/C2H3IN2S/c1-2-4-5-3-6-2/h1H3. The first-order valence-electron chi connectivity index (χ1n) is 1.45. The van der Waals surface area contributed by atoms with Gasteiger partial charge in [0.25, 0.3) is 0 Å². The highest BCUT2D eigenvalue weighted by molar-refractivity contribution is 14.2. The molecule has 1 aliphatic heterocycles. The molecular weight excluding hydrogens is 211 g/mol. The van der Waals surface area contributed by atoms with E-state index in [1.54, 1.807) is 8.93 Å². The SMILES string of the molecule is CC1=NN=IS1. The molecule has 0 aliphatic carbocycles. The van der Waals surface area contributed by atoms with E-state index in [-0.39, 0.29) is 19.6 Å². The van der Waals surface area contributed by atoms with Crippen molar-refractivity contribution in [2.24, 2.45) is 8.36 Å². The minimum absolute atomic E-state index is 0.0400. The molecule has 4 heteroatoms. The van der Waals surface area contributed by atoms with Crippen molar-refractivity contribution in [1.29, 1.82) is 0 Å². The largest absolute Gasteiger partial charge is 0.142 e. The summed E-state index contributed by atoms with van der Waals surface area (Å²) < 4.78 is 3.83. The van der Waals surface area contributed by atoms with Crippen LogP contribution in [0.25, 0.3) is 0 Å². The molecule has 0 bridgehead atoms. The molecule has 0 amide bonds. The number of halogens is 1.